The van der Waals surface area contributed by atoms with Crippen molar-refractivity contribution in [3.05, 3.63) is 35.6 Å². The minimum Gasteiger partial charge on any atom is -0.381 e. The third kappa shape index (κ3) is 6.23. The molecule has 1 aromatic carbocycles. The zero-order valence-corrected chi connectivity index (χ0v) is 12.1. The van der Waals surface area contributed by atoms with Gasteiger partial charge >= 0.3 is 0 Å². The van der Waals surface area contributed by atoms with E-state index in [1.165, 1.54) is 12.1 Å². The van der Waals surface area contributed by atoms with Crippen molar-refractivity contribution in [3.63, 3.8) is 0 Å². The minimum atomic E-state index is -0.315. The number of halogens is 1. The first-order valence-corrected chi connectivity index (χ1v) is 7.40. The van der Waals surface area contributed by atoms with Gasteiger partial charge in [-0.15, -0.1) is 0 Å². The molecule has 116 valence electrons. The third-order valence-electron chi connectivity index (χ3n) is 3.42. The highest BCUT2D eigenvalue weighted by atomic mass is 19.1. The highest BCUT2D eigenvalue weighted by Gasteiger charge is 2.15. The molecule has 5 heteroatoms. The number of carbonyl (C=O) groups excluding carboxylic acids is 1. The van der Waals surface area contributed by atoms with Gasteiger partial charge in [0.25, 0.3) is 0 Å². The fraction of sp³-hybridized carbons (Fsp3) is 0.562. The first-order chi connectivity index (χ1) is 10.2. The van der Waals surface area contributed by atoms with Gasteiger partial charge in [-0.25, -0.2) is 4.39 Å². The highest BCUT2D eigenvalue weighted by Crippen LogP contribution is 2.12. The summed E-state index contributed by atoms with van der Waals surface area (Å²) >= 11 is 0. The Kier molecular flexibility index (Phi) is 6.63. The fourth-order valence-electron chi connectivity index (χ4n) is 2.26. The number of amides is 1. The lowest BCUT2D eigenvalue weighted by molar-refractivity contribution is -0.120. The molecule has 1 fully saturated rings. The molecule has 1 unspecified atom stereocenters. The Morgan fingerprint density at radius 2 is 2.38 bits per heavy atom. The van der Waals surface area contributed by atoms with Crippen LogP contribution in [-0.4, -0.2) is 38.9 Å². The van der Waals surface area contributed by atoms with E-state index in [0.29, 0.717) is 24.6 Å². The smallest absolute Gasteiger partial charge is 0.224 e. The van der Waals surface area contributed by atoms with E-state index in [1.54, 1.807) is 12.1 Å². The number of rotatable bonds is 8. The molecule has 1 aliphatic heterocycles. The second-order valence-corrected chi connectivity index (χ2v) is 5.31. The topological polar surface area (TPSA) is 47.6 Å². The minimum absolute atomic E-state index is 0.0928. The van der Waals surface area contributed by atoms with Crippen molar-refractivity contribution in [1.29, 1.82) is 0 Å². The second-order valence-electron chi connectivity index (χ2n) is 5.31. The molecule has 0 radical (unpaired) electrons. The largest absolute Gasteiger partial charge is 0.381 e. The molecule has 1 saturated heterocycles. The van der Waals surface area contributed by atoms with Crippen molar-refractivity contribution >= 4 is 5.91 Å². The van der Waals surface area contributed by atoms with Gasteiger partial charge in [-0.1, -0.05) is 12.1 Å². The number of hydrogen-bond donors (Lipinski definition) is 1. The van der Waals surface area contributed by atoms with E-state index < -0.39 is 0 Å². The molecule has 0 aliphatic carbocycles. The molecule has 1 aromatic rings. The van der Waals surface area contributed by atoms with E-state index in [4.69, 9.17) is 9.47 Å². The van der Waals surface area contributed by atoms with Crippen molar-refractivity contribution < 1.29 is 18.7 Å². The lowest BCUT2D eigenvalue weighted by atomic mass is 10.1. The monoisotopic (exact) mass is 295 g/mol. The molecule has 0 bridgehead atoms. The van der Waals surface area contributed by atoms with Crippen LogP contribution in [0.15, 0.2) is 24.3 Å². The maximum atomic E-state index is 13.0. The van der Waals surface area contributed by atoms with Crippen LogP contribution in [0.3, 0.4) is 0 Å². The number of carbonyl (C=O) groups is 1. The van der Waals surface area contributed by atoms with Crippen molar-refractivity contribution in [1.82, 2.24) is 5.32 Å². The van der Waals surface area contributed by atoms with Gasteiger partial charge in [0.15, 0.2) is 0 Å². The summed E-state index contributed by atoms with van der Waals surface area (Å²) in [6.07, 6.45) is 2.06. The predicted molar refractivity (Wildman–Crippen MR) is 77.5 cm³/mol. The summed E-state index contributed by atoms with van der Waals surface area (Å²) < 4.78 is 23.8. The Labute approximate surface area is 124 Å². The Morgan fingerprint density at radius 1 is 1.48 bits per heavy atom. The average Bonchev–Trinajstić information content (AvgIpc) is 2.96. The van der Waals surface area contributed by atoms with Crippen molar-refractivity contribution in [2.45, 2.75) is 19.3 Å². The molecular formula is C16H22FNO3. The number of benzene rings is 1. The summed E-state index contributed by atoms with van der Waals surface area (Å²) in [7, 11) is 0. The maximum absolute atomic E-state index is 13.0. The van der Waals surface area contributed by atoms with E-state index in [9.17, 15) is 9.18 Å². The van der Waals surface area contributed by atoms with Crippen LogP contribution in [0.25, 0.3) is 0 Å². The van der Waals surface area contributed by atoms with E-state index in [2.05, 4.69) is 5.32 Å². The lowest BCUT2D eigenvalue weighted by Gasteiger charge is -2.09. The van der Waals surface area contributed by atoms with Gasteiger partial charge in [0.05, 0.1) is 19.6 Å². The molecule has 1 atom stereocenters. The van der Waals surface area contributed by atoms with Crippen LogP contribution in [0.4, 0.5) is 4.39 Å². The third-order valence-corrected chi connectivity index (χ3v) is 3.42. The quantitative estimate of drug-likeness (QED) is 0.746. The first-order valence-electron chi connectivity index (χ1n) is 7.40. The van der Waals surface area contributed by atoms with Gasteiger partial charge in [-0.05, 0) is 30.5 Å². The molecule has 0 saturated carbocycles. The molecule has 2 rings (SSSR count). The van der Waals surface area contributed by atoms with Gasteiger partial charge in [-0.2, -0.15) is 0 Å². The molecule has 1 amide bonds. The van der Waals surface area contributed by atoms with Crippen LogP contribution < -0.4 is 5.32 Å². The summed E-state index contributed by atoms with van der Waals surface area (Å²) in [6.45, 7) is 3.58. The van der Waals surface area contributed by atoms with Crippen LogP contribution in [0, 0.1) is 11.7 Å². The Balaban J connectivity index is 1.51. The number of hydrogen-bond acceptors (Lipinski definition) is 3. The fourth-order valence-corrected chi connectivity index (χ4v) is 2.26. The van der Waals surface area contributed by atoms with E-state index in [1.807, 2.05) is 0 Å². The van der Waals surface area contributed by atoms with Gasteiger partial charge in [0.2, 0.25) is 5.91 Å². The summed E-state index contributed by atoms with van der Waals surface area (Å²) in [4.78, 5) is 11.7. The van der Waals surface area contributed by atoms with Crippen LogP contribution in [-0.2, 0) is 20.7 Å². The second kappa shape index (κ2) is 8.74. The van der Waals surface area contributed by atoms with Crippen LogP contribution >= 0.6 is 0 Å². The molecule has 0 aromatic heterocycles. The van der Waals surface area contributed by atoms with E-state index in [0.717, 1.165) is 32.7 Å². The number of nitrogens with one attached hydrogen (secondary N) is 1. The summed E-state index contributed by atoms with van der Waals surface area (Å²) in [6, 6.07) is 6.11. The van der Waals surface area contributed by atoms with Crippen LogP contribution in [0.1, 0.15) is 18.4 Å². The Morgan fingerprint density at radius 3 is 3.14 bits per heavy atom. The molecule has 1 aliphatic rings. The zero-order valence-electron chi connectivity index (χ0n) is 12.1. The number of ether oxygens (including phenoxy) is 2. The molecule has 4 nitrogen and oxygen atoms in total. The molecule has 21 heavy (non-hydrogen) atoms. The maximum Gasteiger partial charge on any atom is 0.224 e. The summed E-state index contributed by atoms with van der Waals surface area (Å²) in [5, 5.41) is 2.81. The lowest BCUT2D eigenvalue weighted by Crippen LogP contribution is -2.27. The van der Waals surface area contributed by atoms with Crippen molar-refractivity contribution in [2.75, 3.05) is 33.0 Å². The van der Waals surface area contributed by atoms with Crippen molar-refractivity contribution in [2.24, 2.45) is 5.92 Å². The SMILES string of the molecule is O=C(Cc1cccc(F)c1)NCCCOCC1CCOC1. The highest BCUT2D eigenvalue weighted by molar-refractivity contribution is 5.78. The first kappa shape index (κ1) is 15.9. The Bertz CT molecular complexity index is 447. The van der Waals surface area contributed by atoms with Gasteiger partial charge in [0, 0.05) is 25.7 Å². The average molecular weight is 295 g/mol. The molecule has 1 N–H and O–H groups in total. The van der Waals surface area contributed by atoms with Gasteiger partial charge < -0.3 is 14.8 Å². The van der Waals surface area contributed by atoms with Crippen LogP contribution in [0.5, 0.6) is 0 Å². The van der Waals surface area contributed by atoms with Crippen LogP contribution in [0.2, 0.25) is 0 Å². The molecule has 1 heterocycles. The molecule has 0 spiro atoms. The van der Waals surface area contributed by atoms with Gasteiger partial charge in [-0.3, -0.25) is 4.79 Å². The van der Waals surface area contributed by atoms with Crippen molar-refractivity contribution in [3.8, 4) is 0 Å². The standard InChI is InChI=1S/C16H22FNO3/c17-15-4-1-3-13(9-15)10-16(19)18-6-2-7-20-11-14-5-8-21-12-14/h1,3-4,9,14H,2,5-8,10-12H2,(H,18,19). The predicted octanol–water partition coefficient (Wildman–Crippen LogP) is 1.93. The zero-order chi connectivity index (χ0) is 14.9. The Hall–Kier alpha value is -1.46. The summed E-state index contributed by atoms with van der Waals surface area (Å²) in [5.74, 6) is 0.113. The van der Waals surface area contributed by atoms with Gasteiger partial charge in [0.1, 0.15) is 5.82 Å². The van der Waals surface area contributed by atoms with E-state index in [-0.39, 0.29) is 18.1 Å². The van der Waals surface area contributed by atoms with E-state index >= 15 is 0 Å². The molecular weight excluding hydrogens is 273 g/mol. The normalized spacial score (nSPS) is 17.9. The summed E-state index contributed by atoms with van der Waals surface area (Å²) in [5.41, 5.74) is 0.685.